The molecule has 25 heavy (non-hydrogen) atoms. The summed E-state index contributed by atoms with van der Waals surface area (Å²) >= 11 is 6.08. The van der Waals surface area contributed by atoms with Crippen LogP contribution in [-0.2, 0) is 4.74 Å². The van der Waals surface area contributed by atoms with Crippen LogP contribution in [0.15, 0.2) is 30.6 Å². The van der Waals surface area contributed by atoms with Gasteiger partial charge in [0.1, 0.15) is 17.8 Å². The van der Waals surface area contributed by atoms with Crippen molar-refractivity contribution in [2.45, 2.75) is 19.8 Å². The number of anilines is 2. The minimum Gasteiger partial charge on any atom is -0.465 e. The second-order valence-corrected chi connectivity index (χ2v) is 5.62. The first kappa shape index (κ1) is 18.7. The molecule has 0 bridgehead atoms. The fourth-order valence-electron chi connectivity index (χ4n) is 2.02. The predicted octanol–water partition coefficient (Wildman–Crippen LogP) is 3.38. The van der Waals surface area contributed by atoms with E-state index >= 15 is 0 Å². The smallest absolute Gasteiger partial charge is 0.337 e. The first-order valence-corrected chi connectivity index (χ1v) is 8.18. The van der Waals surface area contributed by atoms with Gasteiger partial charge in [0.25, 0.3) is 5.91 Å². The van der Waals surface area contributed by atoms with E-state index in [4.69, 9.17) is 11.6 Å². The molecule has 0 saturated carbocycles. The molecule has 0 radical (unpaired) electrons. The average molecular weight is 363 g/mol. The molecule has 0 aliphatic heterocycles. The van der Waals surface area contributed by atoms with Gasteiger partial charge in [-0.2, -0.15) is 0 Å². The zero-order chi connectivity index (χ0) is 18.2. The molecule has 1 heterocycles. The van der Waals surface area contributed by atoms with Crippen LogP contribution in [0.5, 0.6) is 0 Å². The molecule has 2 N–H and O–H groups in total. The molecular weight excluding hydrogens is 344 g/mol. The summed E-state index contributed by atoms with van der Waals surface area (Å²) in [5.41, 5.74) is 0.772. The number of benzene rings is 1. The predicted molar refractivity (Wildman–Crippen MR) is 96.2 cm³/mol. The first-order valence-electron chi connectivity index (χ1n) is 7.80. The highest BCUT2D eigenvalue weighted by molar-refractivity contribution is 6.34. The summed E-state index contributed by atoms with van der Waals surface area (Å²) in [5.74, 6) is -0.399. The second kappa shape index (κ2) is 8.98. The van der Waals surface area contributed by atoms with Crippen LogP contribution in [-0.4, -0.2) is 35.5 Å². The number of hydrogen-bond acceptors (Lipinski definition) is 6. The van der Waals surface area contributed by atoms with Gasteiger partial charge in [-0.15, -0.1) is 0 Å². The Hall–Kier alpha value is -2.67. The quantitative estimate of drug-likeness (QED) is 0.579. The summed E-state index contributed by atoms with van der Waals surface area (Å²) in [6.07, 6.45) is 3.37. The van der Waals surface area contributed by atoms with Crippen molar-refractivity contribution < 1.29 is 14.3 Å². The van der Waals surface area contributed by atoms with E-state index in [1.165, 1.54) is 31.6 Å². The molecule has 8 heteroatoms. The van der Waals surface area contributed by atoms with E-state index in [1.54, 1.807) is 6.07 Å². The minimum absolute atomic E-state index is 0.188. The van der Waals surface area contributed by atoms with Gasteiger partial charge < -0.3 is 15.4 Å². The van der Waals surface area contributed by atoms with Gasteiger partial charge in [-0.25, -0.2) is 14.8 Å². The Kier molecular flexibility index (Phi) is 6.71. The summed E-state index contributed by atoms with van der Waals surface area (Å²) in [6.45, 7) is 2.86. The number of esters is 1. The normalized spacial score (nSPS) is 10.2. The monoisotopic (exact) mass is 362 g/mol. The zero-order valence-corrected chi connectivity index (χ0v) is 14.8. The topological polar surface area (TPSA) is 93.2 Å². The number of hydrogen-bond donors (Lipinski definition) is 2. The van der Waals surface area contributed by atoms with Crippen LogP contribution >= 0.6 is 11.6 Å². The molecule has 1 aromatic carbocycles. The molecule has 0 aliphatic rings. The molecule has 0 spiro atoms. The Labute approximate surface area is 150 Å². The summed E-state index contributed by atoms with van der Waals surface area (Å²) in [5, 5.41) is 6.08. The average Bonchev–Trinajstić information content (AvgIpc) is 2.63. The van der Waals surface area contributed by atoms with E-state index in [2.05, 4.69) is 32.3 Å². The maximum atomic E-state index is 12.4. The van der Waals surface area contributed by atoms with Gasteiger partial charge in [0, 0.05) is 12.6 Å². The first-order chi connectivity index (χ1) is 12.0. The van der Waals surface area contributed by atoms with E-state index in [1.807, 2.05) is 0 Å². The third-order valence-electron chi connectivity index (χ3n) is 3.37. The lowest BCUT2D eigenvalue weighted by Crippen LogP contribution is -2.15. The Bertz CT molecular complexity index is 767. The van der Waals surface area contributed by atoms with Crippen molar-refractivity contribution in [3.8, 4) is 0 Å². The maximum absolute atomic E-state index is 12.4. The molecule has 7 nitrogen and oxygen atoms in total. The lowest BCUT2D eigenvalue weighted by atomic mass is 10.2. The summed E-state index contributed by atoms with van der Waals surface area (Å²) in [6, 6.07) is 6.04. The van der Waals surface area contributed by atoms with Gasteiger partial charge in [0.05, 0.1) is 23.4 Å². The largest absolute Gasteiger partial charge is 0.465 e. The van der Waals surface area contributed by atoms with Crippen molar-refractivity contribution in [1.82, 2.24) is 9.97 Å². The fourth-order valence-corrected chi connectivity index (χ4v) is 2.19. The number of carbonyl (C=O) groups is 2. The Balaban J connectivity index is 2.14. The molecule has 132 valence electrons. The van der Waals surface area contributed by atoms with Crippen molar-refractivity contribution in [1.29, 1.82) is 0 Å². The number of halogens is 1. The Morgan fingerprint density at radius 1 is 1.24 bits per heavy atom. The number of amides is 1. The fraction of sp³-hybridized carbons (Fsp3) is 0.294. The zero-order valence-electron chi connectivity index (χ0n) is 14.0. The molecule has 0 saturated heterocycles. The molecular formula is C17H19ClN4O3. The lowest BCUT2D eigenvalue weighted by Gasteiger charge is -2.09. The number of ether oxygens (including phenoxy) is 1. The van der Waals surface area contributed by atoms with Crippen molar-refractivity contribution in [2.24, 2.45) is 0 Å². The maximum Gasteiger partial charge on any atom is 0.337 e. The van der Waals surface area contributed by atoms with Gasteiger partial charge in [-0.05, 0) is 24.6 Å². The molecule has 2 aromatic rings. The van der Waals surface area contributed by atoms with Gasteiger partial charge in [0.15, 0.2) is 0 Å². The van der Waals surface area contributed by atoms with Gasteiger partial charge in [-0.1, -0.05) is 24.9 Å². The van der Waals surface area contributed by atoms with Crippen LogP contribution in [0.2, 0.25) is 5.02 Å². The SMILES string of the molecule is CCCCNc1cc(C(=O)Nc2cc(C(=O)OC)ccc2Cl)ncn1. The standard InChI is InChI=1S/C17H19ClN4O3/c1-3-4-7-19-15-9-14(20-10-21-15)16(23)22-13-8-11(17(24)25-2)5-6-12(13)18/h5-6,8-10H,3-4,7H2,1-2H3,(H,22,23)(H,19,20,21). The van der Waals surface area contributed by atoms with Crippen molar-refractivity contribution in [3.05, 3.63) is 46.9 Å². The highest BCUT2D eigenvalue weighted by Gasteiger charge is 2.14. The van der Waals surface area contributed by atoms with Crippen molar-refractivity contribution >= 4 is 35.0 Å². The molecule has 1 amide bonds. The number of rotatable bonds is 7. The summed E-state index contributed by atoms with van der Waals surface area (Å²) in [4.78, 5) is 32.0. The van der Waals surface area contributed by atoms with E-state index in [9.17, 15) is 9.59 Å². The van der Waals surface area contributed by atoms with Crippen LogP contribution in [0.25, 0.3) is 0 Å². The van der Waals surface area contributed by atoms with Crippen LogP contribution in [0, 0.1) is 0 Å². The molecule has 0 fully saturated rings. The number of aromatic nitrogens is 2. The van der Waals surface area contributed by atoms with E-state index in [0.717, 1.165) is 19.4 Å². The Morgan fingerprint density at radius 3 is 2.76 bits per heavy atom. The molecule has 1 aromatic heterocycles. The molecule has 0 unspecified atom stereocenters. The number of nitrogens with one attached hydrogen (secondary N) is 2. The number of methoxy groups -OCH3 is 1. The molecule has 2 rings (SSSR count). The number of unbranched alkanes of at least 4 members (excludes halogenated alkanes) is 1. The third-order valence-corrected chi connectivity index (χ3v) is 3.70. The van der Waals surface area contributed by atoms with Crippen LogP contribution < -0.4 is 10.6 Å². The summed E-state index contributed by atoms with van der Waals surface area (Å²) < 4.78 is 4.66. The Morgan fingerprint density at radius 2 is 2.04 bits per heavy atom. The highest BCUT2D eigenvalue weighted by atomic mass is 35.5. The van der Waals surface area contributed by atoms with Crippen LogP contribution in [0.1, 0.15) is 40.6 Å². The minimum atomic E-state index is -0.517. The molecule has 0 aliphatic carbocycles. The van der Waals surface area contributed by atoms with Gasteiger partial charge in [0.2, 0.25) is 0 Å². The van der Waals surface area contributed by atoms with Gasteiger partial charge >= 0.3 is 5.97 Å². The number of carbonyl (C=O) groups excluding carboxylic acids is 2. The van der Waals surface area contributed by atoms with Gasteiger partial charge in [-0.3, -0.25) is 4.79 Å². The van der Waals surface area contributed by atoms with Crippen LogP contribution in [0.3, 0.4) is 0 Å². The number of nitrogens with zero attached hydrogens (tertiary/aromatic N) is 2. The van der Waals surface area contributed by atoms with Crippen LogP contribution in [0.4, 0.5) is 11.5 Å². The van der Waals surface area contributed by atoms with E-state index in [0.29, 0.717) is 16.5 Å². The van der Waals surface area contributed by atoms with Crippen molar-refractivity contribution in [2.75, 3.05) is 24.3 Å². The highest BCUT2D eigenvalue weighted by Crippen LogP contribution is 2.24. The molecule has 0 atom stereocenters. The second-order valence-electron chi connectivity index (χ2n) is 5.21. The van der Waals surface area contributed by atoms with Crippen molar-refractivity contribution in [3.63, 3.8) is 0 Å². The lowest BCUT2D eigenvalue weighted by molar-refractivity contribution is 0.0600. The summed E-state index contributed by atoms with van der Waals surface area (Å²) in [7, 11) is 1.28. The van der Waals surface area contributed by atoms with E-state index in [-0.39, 0.29) is 11.3 Å². The third kappa shape index (κ3) is 5.15. The van der Waals surface area contributed by atoms with E-state index < -0.39 is 11.9 Å².